The van der Waals surface area contributed by atoms with Crippen molar-refractivity contribution in [1.82, 2.24) is 9.13 Å². The summed E-state index contributed by atoms with van der Waals surface area (Å²) in [5, 5.41) is 5.22. The average molecular weight is 437 g/mol. The zero-order valence-corrected chi connectivity index (χ0v) is 18.3. The second-order valence-corrected chi connectivity index (χ2v) is 8.59. The van der Waals surface area contributed by atoms with E-state index in [0.29, 0.717) is 0 Å². The van der Waals surface area contributed by atoms with Gasteiger partial charge in [0, 0.05) is 27.2 Å². The fourth-order valence-corrected chi connectivity index (χ4v) is 5.26. The first kappa shape index (κ1) is 18.9. The van der Waals surface area contributed by atoms with Gasteiger partial charge in [0.15, 0.2) is 0 Å². The molecule has 0 spiro atoms. The third kappa shape index (κ3) is 2.61. The lowest BCUT2D eigenvalue weighted by atomic mass is 10.1. The first-order valence-electron chi connectivity index (χ1n) is 11.4. The van der Waals surface area contributed by atoms with Crippen molar-refractivity contribution in [2.45, 2.75) is 0 Å². The number of para-hydroxylation sites is 3. The van der Waals surface area contributed by atoms with Gasteiger partial charge in [0.2, 0.25) is 0 Å². The lowest BCUT2D eigenvalue weighted by Crippen LogP contribution is -2.19. The molecule has 0 N–H and O–H groups in total. The van der Waals surface area contributed by atoms with Crippen LogP contribution < -0.4 is 5.56 Å². The summed E-state index contributed by atoms with van der Waals surface area (Å²) in [4.78, 5) is 13.7. The molecule has 160 valence electrons. The molecule has 2 heterocycles. The fraction of sp³-hybridized carbons (Fsp3) is 0. The Morgan fingerprint density at radius 1 is 0.382 bits per heavy atom. The zero-order chi connectivity index (χ0) is 22.6. The molecule has 0 fully saturated rings. The van der Waals surface area contributed by atoms with Crippen LogP contribution in [0.4, 0.5) is 0 Å². The maximum Gasteiger partial charge on any atom is 0.263 e. The van der Waals surface area contributed by atoms with Gasteiger partial charge in [0.1, 0.15) is 0 Å². The number of rotatable bonds is 2. The van der Waals surface area contributed by atoms with E-state index in [4.69, 9.17) is 0 Å². The normalized spacial score (nSPS) is 11.6. The summed E-state index contributed by atoms with van der Waals surface area (Å²) in [5.41, 5.74) is 5.08. The highest BCUT2D eigenvalue weighted by Crippen LogP contribution is 2.32. The molecule has 3 nitrogen and oxygen atoms in total. The molecule has 0 unspecified atom stereocenters. The van der Waals surface area contributed by atoms with Crippen LogP contribution in [0.2, 0.25) is 0 Å². The Bertz CT molecular complexity index is 1890. The standard InChI is InChI=1S/C31H20N2O/c34-31-27-16-2-1-12-23(27)24-13-3-8-19-30(24)33(31)22-11-9-10-21(20-22)32-28-17-6-4-14-25(28)26-15-5-7-18-29(26)32/h1-20H. The fourth-order valence-electron chi connectivity index (χ4n) is 5.26. The summed E-state index contributed by atoms with van der Waals surface area (Å²) in [6, 6.07) is 41.2. The molecule has 2 aromatic heterocycles. The highest BCUT2D eigenvalue weighted by atomic mass is 16.1. The molecule has 0 atom stereocenters. The summed E-state index contributed by atoms with van der Waals surface area (Å²) in [5.74, 6) is 0. The van der Waals surface area contributed by atoms with E-state index in [0.717, 1.165) is 44.1 Å². The maximum atomic E-state index is 13.7. The minimum atomic E-state index is -0.00586. The minimum Gasteiger partial charge on any atom is -0.309 e. The van der Waals surface area contributed by atoms with Gasteiger partial charge in [-0.3, -0.25) is 9.36 Å². The largest absolute Gasteiger partial charge is 0.309 e. The number of benzene rings is 5. The average Bonchev–Trinajstić information content (AvgIpc) is 3.24. The number of fused-ring (bicyclic) bond motifs is 6. The lowest BCUT2D eigenvalue weighted by molar-refractivity contribution is 1.05. The minimum absolute atomic E-state index is 0.00586. The van der Waals surface area contributed by atoms with Crippen molar-refractivity contribution in [2.24, 2.45) is 0 Å². The summed E-state index contributed by atoms with van der Waals surface area (Å²) in [7, 11) is 0. The molecule has 7 rings (SSSR count). The van der Waals surface area contributed by atoms with Crippen LogP contribution in [0.1, 0.15) is 0 Å². The molecule has 0 amide bonds. The van der Waals surface area contributed by atoms with E-state index >= 15 is 0 Å². The van der Waals surface area contributed by atoms with Gasteiger partial charge in [-0.25, -0.2) is 0 Å². The molecule has 0 aliphatic heterocycles. The van der Waals surface area contributed by atoms with Crippen LogP contribution in [0.15, 0.2) is 126 Å². The van der Waals surface area contributed by atoms with Gasteiger partial charge in [-0.2, -0.15) is 0 Å². The Balaban J connectivity index is 1.57. The maximum absolute atomic E-state index is 13.7. The Morgan fingerprint density at radius 2 is 0.794 bits per heavy atom. The van der Waals surface area contributed by atoms with Crippen LogP contribution in [0, 0.1) is 0 Å². The number of aromatic nitrogens is 2. The number of hydrogen-bond acceptors (Lipinski definition) is 1. The molecule has 3 heteroatoms. The van der Waals surface area contributed by atoms with Crippen LogP contribution >= 0.6 is 0 Å². The summed E-state index contributed by atoms with van der Waals surface area (Å²) in [6.45, 7) is 0. The molecule has 0 bridgehead atoms. The molecule has 0 aliphatic rings. The summed E-state index contributed by atoms with van der Waals surface area (Å²) >= 11 is 0. The van der Waals surface area contributed by atoms with E-state index in [1.807, 2.05) is 59.2 Å². The Labute approximate surface area is 195 Å². The van der Waals surface area contributed by atoms with Gasteiger partial charge in [0.25, 0.3) is 5.56 Å². The van der Waals surface area contributed by atoms with Crippen LogP contribution in [0.5, 0.6) is 0 Å². The first-order valence-corrected chi connectivity index (χ1v) is 11.4. The number of nitrogens with zero attached hydrogens (tertiary/aromatic N) is 2. The van der Waals surface area contributed by atoms with Crippen LogP contribution in [-0.4, -0.2) is 9.13 Å². The predicted octanol–water partition coefficient (Wildman–Crippen LogP) is 7.24. The Hall–Kier alpha value is -4.63. The van der Waals surface area contributed by atoms with Gasteiger partial charge in [0.05, 0.1) is 22.2 Å². The predicted molar refractivity (Wildman–Crippen MR) is 141 cm³/mol. The highest BCUT2D eigenvalue weighted by Gasteiger charge is 2.14. The van der Waals surface area contributed by atoms with Crippen molar-refractivity contribution >= 4 is 43.5 Å². The van der Waals surface area contributed by atoms with Crippen molar-refractivity contribution in [3.05, 3.63) is 132 Å². The molecular weight excluding hydrogens is 416 g/mol. The quantitative estimate of drug-likeness (QED) is 0.262. The third-order valence-corrected chi connectivity index (χ3v) is 6.72. The van der Waals surface area contributed by atoms with E-state index in [-0.39, 0.29) is 5.56 Å². The van der Waals surface area contributed by atoms with E-state index in [1.165, 1.54) is 10.8 Å². The molecule has 5 aromatic carbocycles. The van der Waals surface area contributed by atoms with Crippen molar-refractivity contribution < 1.29 is 0 Å². The van der Waals surface area contributed by atoms with Crippen LogP contribution in [0.25, 0.3) is 54.9 Å². The summed E-state index contributed by atoms with van der Waals surface area (Å²) in [6.07, 6.45) is 0. The number of pyridine rings is 1. The molecule has 34 heavy (non-hydrogen) atoms. The van der Waals surface area contributed by atoms with E-state index in [2.05, 4.69) is 71.3 Å². The van der Waals surface area contributed by atoms with Crippen molar-refractivity contribution in [1.29, 1.82) is 0 Å². The molecule has 7 aromatic rings. The topological polar surface area (TPSA) is 26.9 Å². The van der Waals surface area contributed by atoms with Crippen LogP contribution in [0.3, 0.4) is 0 Å². The number of hydrogen-bond donors (Lipinski definition) is 0. The van der Waals surface area contributed by atoms with E-state index in [9.17, 15) is 4.79 Å². The van der Waals surface area contributed by atoms with Gasteiger partial charge in [-0.05, 0) is 47.9 Å². The van der Waals surface area contributed by atoms with Crippen molar-refractivity contribution in [3.8, 4) is 11.4 Å². The molecule has 0 saturated carbocycles. The van der Waals surface area contributed by atoms with Gasteiger partial charge in [-0.1, -0.05) is 78.9 Å². The van der Waals surface area contributed by atoms with Crippen LogP contribution in [-0.2, 0) is 0 Å². The van der Waals surface area contributed by atoms with Crippen molar-refractivity contribution in [2.75, 3.05) is 0 Å². The Morgan fingerprint density at radius 3 is 1.38 bits per heavy atom. The highest BCUT2D eigenvalue weighted by molar-refractivity contribution is 6.09. The summed E-state index contributed by atoms with van der Waals surface area (Å²) < 4.78 is 4.12. The molecule has 0 radical (unpaired) electrons. The molecule has 0 saturated heterocycles. The van der Waals surface area contributed by atoms with Gasteiger partial charge in [-0.15, -0.1) is 0 Å². The monoisotopic (exact) mass is 436 g/mol. The van der Waals surface area contributed by atoms with Gasteiger partial charge < -0.3 is 4.57 Å². The smallest absolute Gasteiger partial charge is 0.263 e. The molecule has 0 aliphatic carbocycles. The van der Waals surface area contributed by atoms with Gasteiger partial charge >= 0.3 is 0 Å². The first-order chi connectivity index (χ1) is 16.8. The second kappa shape index (κ2) is 7.19. The lowest BCUT2D eigenvalue weighted by Gasteiger charge is -2.15. The van der Waals surface area contributed by atoms with Crippen molar-refractivity contribution in [3.63, 3.8) is 0 Å². The van der Waals surface area contributed by atoms with E-state index < -0.39 is 0 Å². The molecular formula is C31H20N2O. The Kier molecular flexibility index (Phi) is 4.00. The zero-order valence-electron chi connectivity index (χ0n) is 18.3. The van der Waals surface area contributed by atoms with E-state index in [1.54, 1.807) is 0 Å². The third-order valence-electron chi connectivity index (χ3n) is 6.72. The SMILES string of the molecule is O=c1c2ccccc2c2ccccc2n1-c1cccc(-n2c3ccccc3c3ccccc32)c1. The second-order valence-electron chi connectivity index (χ2n) is 8.59.